The lowest BCUT2D eigenvalue weighted by Gasteiger charge is -2.09. The predicted octanol–water partition coefficient (Wildman–Crippen LogP) is 3.62. The summed E-state index contributed by atoms with van der Waals surface area (Å²) in [7, 11) is 1.59. The average molecular weight is 338 g/mol. The zero-order chi connectivity index (χ0) is 17.6. The molecule has 0 bridgehead atoms. The molecule has 126 valence electrons. The third kappa shape index (κ3) is 4.29. The quantitative estimate of drug-likeness (QED) is 0.743. The van der Waals surface area contributed by atoms with Crippen LogP contribution < -0.4 is 15.4 Å². The number of halogens is 1. The van der Waals surface area contributed by atoms with Crippen molar-refractivity contribution in [3.8, 4) is 5.75 Å². The number of carbonyl (C=O) groups is 1. The molecular weight excluding hydrogens is 323 g/mol. The second kappa shape index (κ2) is 7.39. The van der Waals surface area contributed by atoms with Gasteiger partial charge in [-0.2, -0.15) is 0 Å². The second-order valence-electron chi connectivity index (χ2n) is 5.11. The van der Waals surface area contributed by atoms with Gasteiger partial charge in [0.2, 0.25) is 0 Å². The predicted molar refractivity (Wildman–Crippen MR) is 92.7 cm³/mol. The largest absolute Gasteiger partial charge is 0.497 e. The SMILES string of the molecule is COc1cccc(Nc2cc(NC(=O)c3ccc(F)cc3)ncn2)c1. The Kier molecular flexibility index (Phi) is 4.84. The van der Waals surface area contributed by atoms with Crippen LogP contribution in [0.3, 0.4) is 0 Å². The van der Waals surface area contributed by atoms with Crippen LogP contribution in [-0.2, 0) is 0 Å². The summed E-state index contributed by atoms with van der Waals surface area (Å²) in [4.78, 5) is 20.3. The molecule has 7 heteroatoms. The van der Waals surface area contributed by atoms with Gasteiger partial charge in [-0.15, -0.1) is 0 Å². The summed E-state index contributed by atoms with van der Waals surface area (Å²) in [6.45, 7) is 0. The van der Waals surface area contributed by atoms with Crippen LogP contribution in [0.5, 0.6) is 5.75 Å². The Balaban J connectivity index is 1.72. The normalized spacial score (nSPS) is 10.2. The van der Waals surface area contributed by atoms with E-state index in [1.165, 1.54) is 30.6 Å². The number of anilines is 3. The van der Waals surface area contributed by atoms with E-state index < -0.39 is 5.82 Å². The van der Waals surface area contributed by atoms with E-state index in [-0.39, 0.29) is 5.91 Å². The van der Waals surface area contributed by atoms with Gasteiger partial charge in [0.25, 0.3) is 5.91 Å². The fourth-order valence-corrected chi connectivity index (χ4v) is 2.13. The molecule has 2 aromatic carbocycles. The molecule has 3 aromatic rings. The maximum atomic E-state index is 12.9. The molecule has 25 heavy (non-hydrogen) atoms. The van der Waals surface area contributed by atoms with Crippen LogP contribution in [0.15, 0.2) is 60.9 Å². The van der Waals surface area contributed by atoms with Gasteiger partial charge in [0, 0.05) is 23.4 Å². The number of ether oxygens (including phenoxy) is 1. The number of rotatable bonds is 5. The number of hydrogen-bond acceptors (Lipinski definition) is 5. The molecule has 0 aliphatic heterocycles. The summed E-state index contributed by atoms with van der Waals surface area (Å²) in [5.74, 6) is 0.769. The molecule has 3 rings (SSSR count). The molecule has 0 aliphatic carbocycles. The number of nitrogens with one attached hydrogen (secondary N) is 2. The van der Waals surface area contributed by atoms with Crippen molar-refractivity contribution in [3.05, 3.63) is 72.3 Å². The Bertz CT molecular complexity index is 884. The van der Waals surface area contributed by atoms with Crippen molar-refractivity contribution in [1.82, 2.24) is 9.97 Å². The minimum Gasteiger partial charge on any atom is -0.497 e. The Morgan fingerprint density at radius 1 is 1.04 bits per heavy atom. The van der Waals surface area contributed by atoms with Crippen molar-refractivity contribution in [2.75, 3.05) is 17.7 Å². The number of benzene rings is 2. The number of hydrogen-bond donors (Lipinski definition) is 2. The van der Waals surface area contributed by atoms with Crippen LogP contribution in [-0.4, -0.2) is 23.0 Å². The van der Waals surface area contributed by atoms with Gasteiger partial charge >= 0.3 is 0 Å². The molecule has 2 N–H and O–H groups in total. The van der Waals surface area contributed by atoms with Crippen LogP contribution in [0.1, 0.15) is 10.4 Å². The highest BCUT2D eigenvalue weighted by Crippen LogP contribution is 2.21. The van der Waals surface area contributed by atoms with Gasteiger partial charge in [-0.05, 0) is 36.4 Å². The highest BCUT2D eigenvalue weighted by molar-refractivity contribution is 6.03. The van der Waals surface area contributed by atoms with Crippen molar-refractivity contribution in [1.29, 1.82) is 0 Å². The van der Waals surface area contributed by atoms with E-state index in [1.807, 2.05) is 24.3 Å². The fourth-order valence-electron chi connectivity index (χ4n) is 2.13. The average Bonchev–Trinajstić information content (AvgIpc) is 2.62. The maximum absolute atomic E-state index is 12.9. The van der Waals surface area contributed by atoms with E-state index in [2.05, 4.69) is 20.6 Å². The summed E-state index contributed by atoms with van der Waals surface area (Å²) in [5, 5.41) is 5.76. The third-order valence-corrected chi connectivity index (χ3v) is 3.36. The summed E-state index contributed by atoms with van der Waals surface area (Å²) >= 11 is 0. The molecule has 1 aromatic heterocycles. The molecular formula is C18H15FN4O2. The number of nitrogens with zero attached hydrogens (tertiary/aromatic N) is 2. The van der Waals surface area contributed by atoms with Gasteiger partial charge in [-0.3, -0.25) is 4.79 Å². The fraction of sp³-hybridized carbons (Fsp3) is 0.0556. The molecule has 1 heterocycles. The molecule has 0 saturated carbocycles. The molecule has 0 atom stereocenters. The van der Waals surface area contributed by atoms with E-state index in [0.717, 1.165) is 5.69 Å². The minimum absolute atomic E-state index is 0.328. The third-order valence-electron chi connectivity index (χ3n) is 3.36. The summed E-state index contributed by atoms with van der Waals surface area (Å²) in [6.07, 6.45) is 1.34. The minimum atomic E-state index is -0.400. The van der Waals surface area contributed by atoms with Crippen molar-refractivity contribution in [3.63, 3.8) is 0 Å². The van der Waals surface area contributed by atoms with Gasteiger partial charge in [-0.25, -0.2) is 14.4 Å². The number of methoxy groups -OCH3 is 1. The topological polar surface area (TPSA) is 76.1 Å². The smallest absolute Gasteiger partial charge is 0.256 e. The van der Waals surface area contributed by atoms with Gasteiger partial charge in [0.05, 0.1) is 7.11 Å². The molecule has 0 radical (unpaired) electrons. The summed E-state index contributed by atoms with van der Waals surface area (Å²) in [5.41, 5.74) is 1.12. The van der Waals surface area contributed by atoms with Crippen LogP contribution in [0.2, 0.25) is 0 Å². The number of amides is 1. The molecule has 0 spiro atoms. The molecule has 0 saturated heterocycles. The molecule has 1 amide bonds. The Labute approximate surface area is 143 Å². The lowest BCUT2D eigenvalue weighted by atomic mass is 10.2. The van der Waals surface area contributed by atoms with Gasteiger partial charge in [0.15, 0.2) is 0 Å². The van der Waals surface area contributed by atoms with Crippen LogP contribution >= 0.6 is 0 Å². The molecule has 6 nitrogen and oxygen atoms in total. The zero-order valence-corrected chi connectivity index (χ0v) is 13.4. The second-order valence-corrected chi connectivity index (χ2v) is 5.11. The summed E-state index contributed by atoms with van der Waals surface area (Å²) < 4.78 is 18.1. The van der Waals surface area contributed by atoms with E-state index in [9.17, 15) is 9.18 Å². The molecule has 0 aliphatic rings. The number of carbonyl (C=O) groups excluding carboxylic acids is 1. The monoisotopic (exact) mass is 338 g/mol. The summed E-state index contributed by atoms with van der Waals surface area (Å²) in [6, 6.07) is 14.2. The Morgan fingerprint density at radius 2 is 1.80 bits per heavy atom. The van der Waals surface area contributed by atoms with E-state index in [1.54, 1.807) is 13.2 Å². The first-order chi connectivity index (χ1) is 12.1. The highest BCUT2D eigenvalue weighted by atomic mass is 19.1. The van der Waals surface area contributed by atoms with E-state index >= 15 is 0 Å². The van der Waals surface area contributed by atoms with Crippen molar-refractivity contribution < 1.29 is 13.9 Å². The standard InChI is InChI=1S/C18H15FN4O2/c1-25-15-4-2-3-14(9-15)22-16-10-17(21-11-20-16)23-18(24)12-5-7-13(19)8-6-12/h2-11H,1H3,(H2,20,21,22,23,24). The van der Waals surface area contributed by atoms with Gasteiger partial charge < -0.3 is 15.4 Å². The van der Waals surface area contributed by atoms with Crippen molar-refractivity contribution in [2.45, 2.75) is 0 Å². The maximum Gasteiger partial charge on any atom is 0.256 e. The van der Waals surface area contributed by atoms with E-state index in [4.69, 9.17) is 4.74 Å². The first-order valence-electron chi connectivity index (χ1n) is 7.44. The van der Waals surface area contributed by atoms with Crippen LogP contribution in [0.25, 0.3) is 0 Å². The Hall–Kier alpha value is -3.48. The first kappa shape index (κ1) is 16.4. The van der Waals surface area contributed by atoms with E-state index in [0.29, 0.717) is 22.9 Å². The van der Waals surface area contributed by atoms with Crippen LogP contribution in [0.4, 0.5) is 21.7 Å². The van der Waals surface area contributed by atoms with Gasteiger partial charge in [0.1, 0.15) is 29.5 Å². The van der Waals surface area contributed by atoms with Crippen LogP contribution in [0, 0.1) is 5.82 Å². The molecule has 0 unspecified atom stereocenters. The first-order valence-corrected chi connectivity index (χ1v) is 7.44. The number of aromatic nitrogens is 2. The zero-order valence-electron chi connectivity index (χ0n) is 13.4. The van der Waals surface area contributed by atoms with Crippen molar-refractivity contribution >= 4 is 23.2 Å². The van der Waals surface area contributed by atoms with Gasteiger partial charge in [-0.1, -0.05) is 6.07 Å². The Morgan fingerprint density at radius 3 is 2.56 bits per heavy atom. The molecule has 0 fully saturated rings. The van der Waals surface area contributed by atoms with Crippen molar-refractivity contribution in [2.24, 2.45) is 0 Å². The lowest BCUT2D eigenvalue weighted by molar-refractivity contribution is 0.102. The lowest BCUT2D eigenvalue weighted by Crippen LogP contribution is -2.13. The highest BCUT2D eigenvalue weighted by Gasteiger charge is 2.08.